The van der Waals surface area contributed by atoms with Crippen molar-refractivity contribution in [3.8, 4) is 5.75 Å². The van der Waals surface area contributed by atoms with Crippen molar-refractivity contribution in [2.45, 2.75) is 26.9 Å². The van der Waals surface area contributed by atoms with Gasteiger partial charge in [0.2, 0.25) is 5.13 Å². The van der Waals surface area contributed by atoms with Crippen LogP contribution < -0.4 is 10.1 Å². The molecule has 128 valence electrons. The Morgan fingerprint density at radius 1 is 1.16 bits per heavy atom. The Morgan fingerprint density at radius 3 is 2.76 bits per heavy atom. The van der Waals surface area contributed by atoms with Crippen molar-refractivity contribution in [2.24, 2.45) is 0 Å². The van der Waals surface area contributed by atoms with Gasteiger partial charge in [0.15, 0.2) is 0 Å². The van der Waals surface area contributed by atoms with Crippen LogP contribution in [-0.4, -0.2) is 16.1 Å². The molecule has 1 aromatic heterocycles. The fourth-order valence-electron chi connectivity index (χ4n) is 2.31. The lowest BCUT2D eigenvalue weighted by Gasteiger charge is -2.08. The van der Waals surface area contributed by atoms with Crippen LogP contribution in [0.25, 0.3) is 0 Å². The predicted molar refractivity (Wildman–Crippen MR) is 99.2 cm³/mol. The topological polar surface area (TPSA) is 64.1 Å². The fraction of sp³-hybridized carbons (Fsp3) is 0.211. The molecule has 5 nitrogen and oxygen atoms in total. The first-order valence-electron chi connectivity index (χ1n) is 8.06. The van der Waals surface area contributed by atoms with E-state index >= 15 is 0 Å². The second kappa shape index (κ2) is 7.90. The van der Waals surface area contributed by atoms with Crippen molar-refractivity contribution in [1.82, 2.24) is 10.2 Å². The number of rotatable bonds is 6. The molecular formula is C19H19N3O2S. The largest absolute Gasteiger partial charge is 0.489 e. The number of hydrogen-bond donors (Lipinski definition) is 1. The third-order valence-corrected chi connectivity index (χ3v) is 4.56. The summed E-state index contributed by atoms with van der Waals surface area (Å²) in [5, 5.41) is 12.1. The van der Waals surface area contributed by atoms with E-state index in [1.165, 1.54) is 16.9 Å². The quantitative estimate of drug-likeness (QED) is 0.720. The van der Waals surface area contributed by atoms with Crippen molar-refractivity contribution < 1.29 is 9.53 Å². The number of carbonyl (C=O) groups excluding carboxylic acids is 1. The van der Waals surface area contributed by atoms with Crippen molar-refractivity contribution >= 4 is 22.4 Å². The van der Waals surface area contributed by atoms with Crippen LogP contribution in [0.3, 0.4) is 0 Å². The zero-order valence-electron chi connectivity index (χ0n) is 14.2. The number of carbonyl (C=O) groups is 1. The molecule has 2 aromatic carbocycles. The van der Waals surface area contributed by atoms with E-state index in [1.54, 1.807) is 18.2 Å². The van der Waals surface area contributed by atoms with E-state index < -0.39 is 0 Å². The van der Waals surface area contributed by atoms with E-state index in [1.807, 2.05) is 38.1 Å². The highest BCUT2D eigenvalue weighted by molar-refractivity contribution is 7.15. The summed E-state index contributed by atoms with van der Waals surface area (Å²) in [7, 11) is 0. The van der Waals surface area contributed by atoms with Crippen LogP contribution in [0.2, 0.25) is 0 Å². The van der Waals surface area contributed by atoms with Crippen LogP contribution >= 0.6 is 11.3 Å². The lowest BCUT2D eigenvalue weighted by molar-refractivity contribution is 0.102. The number of aromatic nitrogens is 2. The number of amides is 1. The van der Waals surface area contributed by atoms with E-state index in [9.17, 15) is 4.79 Å². The average molecular weight is 353 g/mol. The Balaban J connectivity index is 1.65. The maximum Gasteiger partial charge on any atom is 0.257 e. The molecule has 3 rings (SSSR count). The van der Waals surface area contributed by atoms with Gasteiger partial charge in [0, 0.05) is 5.56 Å². The van der Waals surface area contributed by atoms with Gasteiger partial charge in [-0.25, -0.2) is 0 Å². The Morgan fingerprint density at radius 2 is 2.00 bits per heavy atom. The first-order valence-corrected chi connectivity index (χ1v) is 8.88. The molecule has 3 aromatic rings. The minimum Gasteiger partial charge on any atom is -0.489 e. The number of aryl methyl sites for hydroxylation is 2. The molecule has 25 heavy (non-hydrogen) atoms. The van der Waals surface area contributed by atoms with Gasteiger partial charge in [-0.2, -0.15) is 0 Å². The third kappa shape index (κ3) is 4.64. The van der Waals surface area contributed by atoms with Gasteiger partial charge in [-0.05, 0) is 37.1 Å². The van der Waals surface area contributed by atoms with Gasteiger partial charge in [-0.1, -0.05) is 54.2 Å². The molecule has 0 saturated carbocycles. The second-order valence-electron chi connectivity index (χ2n) is 5.61. The Kier molecular flexibility index (Phi) is 5.40. The zero-order chi connectivity index (χ0) is 17.6. The van der Waals surface area contributed by atoms with E-state index in [4.69, 9.17) is 4.74 Å². The van der Waals surface area contributed by atoms with Crippen LogP contribution in [0.1, 0.15) is 33.4 Å². The molecule has 0 saturated heterocycles. The molecule has 6 heteroatoms. The molecule has 0 spiro atoms. The molecule has 0 aliphatic carbocycles. The van der Waals surface area contributed by atoms with Gasteiger partial charge in [0.25, 0.3) is 5.91 Å². The molecule has 0 aliphatic heterocycles. The first-order chi connectivity index (χ1) is 12.1. The van der Waals surface area contributed by atoms with Crippen molar-refractivity contribution in [1.29, 1.82) is 0 Å². The summed E-state index contributed by atoms with van der Waals surface area (Å²) in [5.74, 6) is 0.431. The van der Waals surface area contributed by atoms with Gasteiger partial charge < -0.3 is 4.74 Å². The number of nitrogens with one attached hydrogen (secondary N) is 1. The first kappa shape index (κ1) is 17.1. The smallest absolute Gasteiger partial charge is 0.257 e. The summed E-state index contributed by atoms with van der Waals surface area (Å²) in [6, 6.07) is 15.3. The minimum absolute atomic E-state index is 0.222. The molecule has 0 aliphatic rings. The number of anilines is 1. The van der Waals surface area contributed by atoms with Crippen molar-refractivity contribution in [3.05, 3.63) is 70.2 Å². The SMILES string of the molecule is CCc1nnc(NC(=O)c2cccc(OCc3cccc(C)c3)c2)s1. The van der Waals surface area contributed by atoms with E-state index in [2.05, 4.69) is 21.6 Å². The van der Waals surface area contributed by atoms with Crippen molar-refractivity contribution in [2.75, 3.05) is 5.32 Å². The molecule has 1 amide bonds. The number of nitrogens with zero attached hydrogens (tertiary/aromatic N) is 2. The molecule has 1 heterocycles. The Hall–Kier alpha value is -2.73. The van der Waals surface area contributed by atoms with Gasteiger partial charge in [-0.15, -0.1) is 10.2 Å². The average Bonchev–Trinajstić information content (AvgIpc) is 3.08. The van der Waals surface area contributed by atoms with Crippen LogP contribution in [0.15, 0.2) is 48.5 Å². The molecule has 1 N–H and O–H groups in total. The zero-order valence-corrected chi connectivity index (χ0v) is 15.0. The summed E-state index contributed by atoms with van der Waals surface area (Å²) < 4.78 is 5.80. The van der Waals surface area contributed by atoms with Gasteiger partial charge in [-0.3, -0.25) is 10.1 Å². The summed E-state index contributed by atoms with van der Waals surface area (Å²) in [4.78, 5) is 12.4. The second-order valence-corrected chi connectivity index (χ2v) is 6.68. The van der Waals surface area contributed by atoms with Gasteiger partial charge in [0.05, 0.1) is 0 Å². The summed E-state index contributed by atoms with van der Waals surface area (Å²) in [6.07, 6.45) is 0.801. The van der Waals surface area contributed by atoms with E-state index in [0.29, 0.717) is 23.1 Å². The summed E-state index contributed by atoms with van der Waals surface area (Å²) >= 11 is 1.38. The molecule has 0 radical (unpaired) electrons. The highest BCUT2D eigenvalue weighted by Gasteiger charge is 2.10. The summed E-state index contributed by atoms with van der Waals surface area (Å²) in [5.41, 5.74) is 2.81. The molecular weight excluding hydrogens is 334 g/mol. The minimum atomic E-state index is -0.222. The molecule has 0 atom stereocenters. The molecule has 0 bridgehead atoms. The summed E-state index contributed by atoms with van der Waals surface area (Å²) in [6.45, 7) is 4.51. The lowest BCUT2D eigenvalue weighted by atomic mass is 10.1. The predicted octanol–water partition coefficient (Wildman–Crippen LogP) is 4.24. The maximum absolute atomic E-state index is 12.4. The third-order valence-electron chi connectivity index (χ3n) is 3.57. The van der Waals surface area contributed by atoms with Crippen LogP contribution in [-0.2, 0) is 13.0 Å². The van der Waals surface area contributed by atoms with Crippen molar-refractivity contribution in [3.63, 3.8) is 0 Å². The molecule has 0 unspecified atom stereocenters. The van der Waals surface area contributed by atoms with E-state index in [0.717, 1.165) is 17.0 Å². The normalized spacial score (nSPS) is 10.5. The standard InChI is InChI=1S/C19H19N3O2S/c1-3-17-21-22-19(25-17)20-18(23)15-8-5-9-16(11-15)24-12-14-7-4-6-13(2)10-14/h4-11H,3,12H2,1-2H3,(H,20,22,23). The Labute approximate surface area is 150 Å². The highest BCUT2D eigenvalue weighted by Crippen LogP contribution is 2.19. The Bertz CT molecular complexity index is 876. The highest BCUT2D eigenvalue weighted by atomic mass is 32.1. The van der Waals surface area contributed by atoms with Gasteiger partial charge >= 0.3 is 0 Å². The monoisotopic (exact) mass is 353 g/mol. The van der Waals surface area contributed by atoms with Crippen LogP contribution in [0, 0.1) is 6.92 Å². The molecule has 0 fully saturated rings. The lowest BCUT2D eigenvalue weighted by Crippen LogP contribution is -2.11. The number of benzene rings is 2. The fourth-order valence-corrected chi connectivity index (χ4v) is 2.99. The van der Waals surface area contributed by atoms with Gasteiger partial charge in [0.1, 0.15) is 17.4 Å². The van der Waals surface area contributed by atoms with Crippen LogP contribution in [0.4, 0.5) is 5.13 Å². The number of hydrogen-bond acceptors (Lipinski definition) is 5. The van der Waals surface area contributed by atoms with E-state index in [-0.39, 0.29) is 5.91 Å². The maximum atomic E-state index is 12.4. The number of ether oxygens (including phenoxy) is 1. The van der Waals surface area contributed by atoms with Crippen LogP contribution in [0.5, 0.6) is 5.75 Å².